The van der Waals surface area contributed by atoms with E-state index in [1.165, 1.54) is 14.0 Å². The fourth-order valence-electron chi connectivity index (χ4n) is 1.29. The van der Waals surface area contributed by atoms with Gasteiger partial charge >= 0.3 is 5.97 Å². The Morgan fingerprint density at radius 2 is 1.94 bits per heavy atom. The number of aliphatic hydroxyl groups is 1. The molecule has 0 saturated carbocycles. The van der Waals surface area contributed by atoms with Crippen molar-refractivity contribution in [1.29, 1.82) is 0 Å². The van der Waals surface area contributed by atoms with Crippen molar-refractivity contribution in [3.05, 3.63) is 35.9 Å². The predicted molar refractivity (Wildman–Crippen MR) is 61.4 cm³/mol. The summed E-state index contributed by atoms with van der Waals surface area (Å²) in [7, 11) is 1.20. The van der Waals surface area contributed by atoms with Crippen molar-refractivity contribution in [3.8, 4) is 0 Å². The second-order valence-corrected chi connectivity index (χ2v) is 3.80. The molecule has 1 amide bonds. The fourth-order valence-corrected chi connectivity index (χ4v) is 1.29. The van der Waals surface area contributed by atoms with Crippen LogP contribution in [-0.2, 0) is 9.53 Å². The lowest BCUT2D eigenvalue weighted by Gasteiger charge is -2.25. The Morgan fingerprint density at radius 1 is 1.35 bits per heavy atom. The zero-order valence-electron chi connectivity index (χ0n) is 9.77. The molecule has 0 aliphatic heterocycles. The van der Waals surface area contributed by atoms with E-state index in [-0.39, 0.29) is 0 Å². The monoisotopic (exact) mass is 237 g/mol. The van der Waals surface area contributed by atoms with E-state index in [4.69, 9.17) is 5.11 Å². The van der Waals surface area contributed by atoms with Crippen LogP contribution >= 0.6 is 0 Å². The molecule has 0 saturated heterocycles. The summed E-state index contributed by atoms with van der Waals surface area (Å²) < 4.78 is 4.53. The second-order valence-electron chi connectivity index (χ2n) is 3.80. The molecule has 1 rings (SSSR count). The molecule has 1 aromatic carbocycles. The molecule has 2 N–H and O–H groups in total. The number of hydrogen-bond acceptors (Lipinski definition) is 4. The summed E-state index contributed by atoms with van der Waals surface area (Å²) in [6, 6.07) is 8.43. The van der Waals surface area contributed by atoms with Gasteiger partial charge in [0.05, 0.1) is 13.7 Å². The van der Waals surface area contributed by atoms with Crippen LogP contribution in [0.25, 0.3) is 0 Å². The van der Waals surface area contributed by atoms with E-state index in [1.807, 2.05) is 0 Å². The number of nitrogens with one attached hydrogen (secondary N) is 1. The molecule has 0 radical (unpaired) electrons. The fraction of sp³-hybridized carbons (Fsp3) is 0.333. The van der Waals surface area contributed by atoms with Gasteiger partial charge in [0, 0.05) is 5.56 Å². The zero-order valence-corrected chi connectivity index (χ0v) is 9.77. The molecule has 1 aromatic rings. The molecule has 0 heterocycles. The van der Waals surface area contributed by atoms with Gasteiger partial charge in [-0.3, -0.25) is 4.79 Å². The quantitative estimate of drug-likeness (QED) is 0.740. The Bertz CT molecular complexity index is 404. The van der Waals surface area contributed by atoms with Crippen molar-refractivity contribution in [3.63, 3.8) is 0 Å². The summed E-state index contributed by atoms with van der Waals surface area (Å²) in [4.78, 5) is 23.2. The van der Waals surface area contributed by atoms with E-state index in [1.54, 1.807) is 30.3 Å². The summed E-state index contributed by atoms with van der Waals surface area (Å²) in [6.45, 7) is 0.873. The van der Waals surface area contributed by atoms with Crippen LogP contribution < -0.4 is 5.32 Å². The van der Waals surface area contributed by atoms with Crippen LogP contribution in [0.3, 0.4) is 0 Å². The number of aliphatic hydroxyl groups excluding tert-OH is 1. The van der Waals surface area contributed by atoms with Gasteiger partial charge in [-0.1, -0.05) is 18.2 Å². The molecule has 5 nitrogen and oxygen atoms in total. The SMILES string of the molecule is COC(=O)[C@@](C)(CO)NC(=O)c1ccccc1. The maximum absolute atomic E-state index is 11.8. The molecule has 0 fully saturated rings. The lowest BCUT2D eigenvalue weighted by molar-refractivity contribution is -0.149. The van der Waals surface area contributed by atoms with Gasteiger partial charge in [-0.05, 0) is 19.1 Å². The number of esters is 1. The maximum atomic E-state index is 11.8. The summed E-state index contributed by atoms with van der Waals surface area (Å²) in [6.07, 6.45) is 0. The summed E-state index contributed by atoms with van der Waals surface area (Å²) in [5.74, 6) is -1.13. The van der Waals surface area contributed by atoms with Crippen LogP contribution in [0.1, 0.15) is 17.3 Å². The molecule has 0 aliphatic carbocycles. The van der Waals surface area contributed by atoms with Crippen LogP contribution in [0.15, 0.2) is 30.3 Å². The third kappa shape index (κ3) is 3.04. The molecule has 0 aromatic heterocycles. The smallest absolute Gasteiger partial charge is 0.333 e. The third-order valence-corrected chi connectivity index (χ3v) is 2.38. The molecule has 0 aliphatic rings. The van der Waals surface area contributed by atoms with Gasteiger partial charge in [0.15, 0.2) is 5.54 Å². The third-order valence-electron chi connectivity index (χ3n) is 2.38. The topological polar surface area (TPSA) is 75.6 Å². The molecule has 0 bridgehead atoms. The highest BCUT2D eigenvalue weighted by Crippen LogP contribution is 2.08. The van der Waals surface area contributed by atoms with Gasteiger partial charge in [0.2, 0.25) is 0 Å². The summed E-state index contributed by atoms with van der Waals surface area (Å²) in [5.41, 5.74) is -1.02. The van der Waals surface area contributed by atoms with E-state index in [9.17, 15) is 9.59 Å². The molecular weight excluding hydrogens is 222 g/mol. The van der Waals surface area contributed by atoms with Crippen LogP contribution in [-0.4, -0.2) is 36.2 Å². The van der Waals surface area contributed by atoms with Crippen LogP contribution in [0.2, 0.25) is 0 Å². The van der Waals surface area contributed by atoms with Crippen LogP contribution in [0.5, 0.6) is 0 Å². The maximum Gasteiger partial charge on any atom is 0.333 e. The standard InChI is InChI=1S/C12H15NO4/c1-12(8-14,11(16)17-2)13-10(15)9-6-4-3-5-7-9/h3-7,14H,8H2,1-2H3,(H,13,15)/t12-/m1/s1. The van der Waals surface area contributed by atoms with E-state index in [0.29, 0.717) is 5.56 Å². The second kappa shape index (κ2) is 5.45. The van der Waals surface area contributed by atoms with Gasteiger partial charge in [-0.15, -0.1) is 0 Å². The van der Waals surface area contributed by atoms with E-state index >= 15 is 0 Å². The Kier molecular flexibility index (Phi) is 4.23. The minimum atomic E-state index is -1.43. The van der Waals surface area contributed by atoms with Crippen LogP contribution in [0, 0.1) is 0 Å². The Hall–Kier alpha value is -1.88. The number of carbonyl (C=O) groups excluding carboxylic acids is 2. The highest BCUT2D eigenvalue weighted by molar-refractivity contribution is 5.98. The predicted octanol–water partition coefficient (Wildman–Crippen LogP) is 0.340. The minimum Gasteiger partial charge on any atom is -0.467 e. The van der Waals surface area contributed by atoms with Crippen LogP contribution in [0.4, 0.5) is 0 Å². The summed E-state index contributed by atoms with van der Waals surface area (Å²) in [5, 5.41) is 11.6. The van der Waals surface area contributed by atoms with Gasteiger partial charge in [-0.2, -0.15) is 0 Å². The van der Waals surface area contributed by atoms with Crippen molar-refractivity contribution < 1.29 is 19.4 Å². The Morgan fingerprint density at radius 3 is 2.41 bits per heavy atom. The number of rotatable bonds is 4. The van der Waals surface area contributed by atoms with E-state index in [0.717, 1.165) is 0 Å². The number of hydrogen-bond donors (Lipinski definition) is 2. The van der Waals surface area contributed by atoms with Crippen molar-refractivity contribution in [1.82, 2.24) is 5.32 Å². The van der Waals surface area contributed by atoms with Gasteiger partial charge in [0.1, 0.15) is 0 Å². The molecule has 1 atom stereocenters. The molecule has 92 valence electrons. The first-order valence-electron chi connectivity index (χ1n) is 5.10. The molecular formula is C12H15NO4. The van der Waals surface area contributed by atoms with Gasteiger partial charge in [0.25, 0.3) is 5.91 Å². The number of benzene rings is 1. The lowest BCUT2D eigenvalue weighted by Crippen LogP contribution is -2.55. The first-order valence-corrected chi connectivity index (χ1v) is 5.10. The van der Waals surface area contributed by atoms with Gasteiger partial charge in [-0.25, -0.2) is 4.79 Å². The average molecular weight is 237 g/mol. The van der Waals surface area contributed by atoms with Crippen molar-refractivity contribution in [2.75, 3.05) is 13.7 Å². The van der Waals surface area contributed by atoms with Gasteiger partial charge < -0.3 is 15.2 Å². The number of amides is 1. The van der Waals surface area contributed by atoms with Crippen molar-refractivity contribution >= 4 is 11.9 Å². The van der Waals surface area contributed by atoms with E-state index < -0.39 is 24.0 Å². The number of methoxy groups -OCH3 is 1. The highest BCUT2D eigenvalue weighted by atomic mass is 16.5. The molecule has 0 unspecified atom stereocenters. The van der Waals surface area contributed by atoms with Crippen molar-refractivity contribution in [2.45, 2.75) is 12.5 Å². The normalized spacial score (nSPS) is 13.6. The molecule has 0 spiro atoms. The van der Waals surface area contributed by atoms with Crippen molar-refractivity contribution in [2.24, 2.45) is 0 Å². The summed E-state index contributed by atoms with van der Waals surface area (Å²) >= 11 is 0. The lowest BCUT2D eigenvalue weighted by atomic mass is 10.0. The number of ether oxygens (including phenoxy) is 1. The van der Waals surface area contributed by atoms with E-state index in [2.05, 4.69) is 10.1 Å². The molecule has 17 heavy (non-hydrogen) atoms. The minimum absolute atomic E-state index is 0.413. The first-order chi connectivity index (χ1) is 8.03. The Balaban J connectivity index is 2.83. The number of carbonyl (C=O) groups is 2. The zero-order chi connectivity index (χ0) is 12.9. The Labute approximate surface area is 99.4 Å². The highest BCUT2D eigenvalue weighted by Gasteiger charge is 2.35. The first kappa shape index (κ1) is 13.2. The largest absolute Gasteiger partial charge is 0.467 e. The average Bonchev–Trinajstić information content (AvgIpc) is 2.38. The molecule has 5 heteroatoms.